The minimum Gasteiger partial charge on any atom is -0.353 e. The normalized spacial score (nSPS) is 23.3. The number of rotatable bonds is 5. The summed E-state index contributed by atoms with van der Waals surface area (Å²) in [6.45, 7) is 4.38. The maximum atomic E-state index is 13.4. The van der Waals surface area contributed by atoms with Crippen molar-refractivity contribution in [2.24, 2.45) is 0 Å². The summed E-state index contributed by atoms with van der Waals surface area (Å²) < 4.78 is 30.4. The molecule has 3 fully saturated rings. The number of fused-ring (bicyclic) bond motifs is 1. The van der Waals surface area contributed by atoms with Crippen molar-refractivity contribution in [1.29, 1.82) is 0 Å². The van der Waals surface area contributed by atoms with Gasteiger partial charge in [0.05, 0.1) is 10.9 Å². The van der Waals surface area contributed by atoms with E-state index in [0.29, 0.717) is 26.2 Å². The standard InChI is InChI=1S/C18H26N6O2S/c1-2-23(14-4-3-5-14)27(25,26)24-11-10-22(12-18(24)7-8-18)17-15-6-9-19-16(15)20-13-21-17/h6,9,13-14H,2-5,7-8,10-12H2,1H3,(H,19,20,21). The van der Waals surface area contributed by atoms with Crippen LogP contribution < -0.4 is 4.90 Å². The zero-order valence-corrected chi connectivity index (χ0v) is 16.5. The van der Waals surface area contributed by atoms with Crippen molar-refractivity contribution in [1.82, 2.24) is 23.6 Å². The lowest BCUT2D eigenvalue weighted by molar-refractivity contribution is 0.189. The predicted molar refractivity (Wildman–Crippen MR) is 104 cm³/mol. The molecule has 146 valence electrons. The Hall–Kier alpha value is -1.71. The highest BCUT2D eigenvalue weighted by Crippen LogP contribution is 2.47. The largest absolute Gasteiger partial charge is 0.353 e. The number of piperazine rings is 1. The van der Waals surface area contributed by atoms with E-state index in [0.717, 1.165) is 49.0 Å². The third-order valence-electron chi connectivity index (χ3n) is 6.42. The van der Waals surface area contributed by atoms with Crippen LogP contribution in [0.2, 0.25) is 0 Å². The number of hydrogen-bond donors (Lipinski definition) is 1. The lowest BCUT2D eigenvalue weighted by Crippen LogP contribution is -2.61. The Morgan fingerprint density at radius 1 is 1.30 bits per heavy atom. The van der Waals surface area contributed by atoms with Crippen molar-refractivity contribution < 1.29 is 8.42 Å². The monoisotopic (exact) mass is 390 g/mol. The minimum absolute atomic E-state index is 0.190. The van der Waals surface area contributed by atoms with E-state index in [2.05, 4.69) is 19.9 Å². The maximum absolute atomic E-state index is 13.4. The summed E-state index contributed by atoms with van der Waals surface area (Å²) in [6.07, 6.45) is 8.41. The summed E-state index contributed by atoms with van der Waals surface area (Å²) in [6, 6.07) is 2.18. The van der Waals surface area contributed by atoms with Crippen LogP contribution in [0.1, 0.15) is 39.0 Å². The van der Waals surface area contributed by atoms with Crippen molar-refractivity contribution in [3.63, 3.8) is 0 Å². The summed E-state index contributed by atoms with van der Waals surface area (Å²) in [4.78, 5) is 14.1. The van der Waals surface area contributed by atoms with Crippen LogP contribution in [-0.4, -0.2) is 69.7 Å². The SMILES string of the molecule is CCN(C1CCC1)S(=O)(=O)N1CCN(c2ncnc3[nH]ccc23)CC12CC2. The first kappa shape index (κ1) is 17.4. The molecular formula is C18H26N6O2S. The Kier molecular flexibility index (Phi) is 3.96. The summed E-state index contributed by atoms with van der Waals surface area (Å²) in [7, 11) is -3.42. The second-order valence-electron chi connectivity index (χ2n) is 7.95. The highest BCUT2D eigenvalue weighted by molar-refractivity contribution is 7.86. The first-order valence-corrected chi connectivity index (χ1v) is 11.3. The fraction of sp³-hybridized carbons (Fsp3) is 0.667. The van der Waals surface area contributed by atoms with E-state index in [4.69, 9.17) is 0 Å². The average Bonchev–Trinajstić information content (AvgIpc) is 3.19. The maximum Gasteiger partial charge on any atom is 0.282 e. The molecule has 8 nitrogen and oxygen atoms in total. The lowest BCUT2D eigenvalue weighted by Gasteiger charge is -2.46. The molecule has 2 aromatic heterocycles. The average molecular weight is 391 g/mol. The van der Waals surface area contributed by atoms with Gasteiger partial charge in [0.25, 0.3) is 10.2 Å². The Morgan fingerprint density at radius 2 is 2.11 bits per heavy atom. The number of hydrogen-bond acceptors (Lipinski definition) is 5. The van der Waals surface area contributed by atoms with Crippen LogP contribution in [0.5, 0.6) is 0 Å². The quantitative estimate of drug-likeness (QED) is 0.840. The van der Waals surface area contributed by atoms with Crippen LogP contribution >= 0.6 is 0 Å². The van der Waals surface area contributed by atoms with Gasteiger partial charge in [0.1, 0.15) is 17.8 Å². The molecule has 0 aromatic carbocycles. The summed E-state index contributed by atoms with van der Waals surface area (Å²) >= 11 is 0. The van der Waals surface area contributed by atoms with Crippen molar-refractivity contribution in [2.45, 2.75) is 50.6 Å². The number of nitrogens with one attached hydrogen (secondary N) is 1. The van der Waals surface area contributed by atoms with Crippen LogP contribution in [0.4, 0.5) is 5.82 Å². The van der Waals surface area contributed by atoms with E-state index < -0.39 is 10.2 Å². The molecule has 0 unspecified atom stereocenters. The number of nitrogens with zero attached hydrogens (tertiary/aromatic N) is 5. The number of aromatic amines is 1. The van der Waals surface area contributed by atoms with Gasteiger partial charge in [-0.25, -0.2) is 9.97 Å². The highest BCUT2D eigenvalue weighted by Gasteiger charge is 2.57. The second-order valence-corrected chi connectivity index (χ2v) is 9.76. The van der Waals surface area contributed by atoms with E-state index in [1.165, 1.54) is 0 Å². The molecule has 2 aromatic rings. The molecular weight excluding hydrogens is 364 g/mol. The molecule has 3 aliphatic rings. The fourth-order valence-electron chi connectivity index (χ4n) is 4.58. The van der Waals surface area contributed by atoms with Gasteiger partial charge >= 0.3 is 0 Å². The van der Waals surface area contributed by atoms with Crippen LogP contribution in [0.3, 0.4) is 0 Å². The van der Waals surface area contributed by atoms with Crippen molar-refractivity contribution in [2.75, 3.05) is 31.1 Å². The van der Waals surface area contributed by atoms with Crippen LogP contribution in [-0.2, 0) is 10.2 Å². The second kappa shape index (κ2) is 6.15. The zero-order valence-electron chi connectivity index (χ0n) is 15.6. The molecule has 1 spiro atoms. The Morgan fingerprint density at radius 3 is 2.78 bits per heavy atom. The summed E-state index contributed by atoms with van der Waals surface area (Å²) in [5, 5.41) is 0.995. The summed E-state index contributed by atoms with van der Waals surface area (Å²) in [5.41, 5.74) is 0.545. The predicted octanol–water partition coefficient (Wildman–Crippen LogP) is 1.73. The minimum atomic E-state index is -3.42. The van der Waals surface area contributed by atoms with Gasteiger partial charge in [0, 0.05) is 38.4 Å². The van der Waals surface area contributed by atoms with Gasteiger partial charge < -0.3 is 9.88 Å². The molecule has 0 bridgehead atoms. The van der Waals surface area contributed by atoms with Gasteiger partial charge in [0.2, 0.25) is 0 Å². The van der Waals surface area contributed by atoms with Gasteiger partial charge in [-0.1, -0.05) is 13.3 Å². The Bertz CT molecular complexity index is 950. The zero-order chi connectivity index (χ0) is 18.6. The van der Waals surface area contributed by atoms with E-state index in [1.54, 1.807) is 14.9 Å². The number of aromatic nitrogens is 3. The first-order valence-electron chi connectivity index (χ1n) is 9.88. The Balaban J connectivity index is 1.42. The third-order valence-corrected chi connectivity index (χ3v) is 8.69. The van der Waals surface area contributed by atoms with Gasteiger partial charge in [0.15, 0.2) is 0 Å². The Labute approximate surface area is 159 Å². The fourth-order valence-corrected chi connectivity index (χ4v) is 6.79. The molecule has 0 amide bonds. The van der Waals surface area contributed by atoms with Crippen LogP contribution in [0, 0.1) is 0 Å². The smallest absolute Gasteiger partial charge is 0.282 e. The lowest BCUT2D eigenvalue weighted by atomic mass is 9.93. The highest BCUT2D eigenvalue weighted by atomic mass is 32.2. The number of anilines is 1. The van der Waals surface area contributed by atoms with Crippen molar-refractivity contribution in [3.8, 4) is 0 Å². The molecule has 5 rings (SSSR count). The van der Waals surface area contributed by atoms with Gasteiger partial charge in [-0.15, -0.1) is 0 Å². The van der Waals surface area contributed by atoms with Crippen molar-refractivity contribution in [3.05, 3.63) is 18.6 Å². The molecule has 2 saturated carbocycles. The molecule has 0 atom stereocenters. The third kappa shape index (κ3) is 2.67. The van der Waals surface area contributed by atoms with Gasteiger partial charge in [-0.3, -0.25) is 0 Å². The summed E-state index contributed by atoms with van der Waals surface area (Å²) in [5.74, 6) is 0.899. The van der Waals surface area contributed by atoms with E-state index in [-0.39, 0.29) is 11.6 Å². The molecule has 2 aliphatic carbocycles. The topological polar surface area (TPSA) is 85.4 Å². The van der Waals surface area contributed by atoms with Crippen LogP contribution in [0.25, 0.3) is 11.0 Å². The molecule has 1 saturated heterocycles. The van der Waals surface area contributed by atoms with Crippen molar-refractivity contribution >= 4 is 27.1 Å². The molecule has 0 radical (unpaired) electrons. The molecule has 1 aliphatic heterocycles. The van der Waals surface area contributed by atoms with Gasteiger partial charge in [-0.2, -0.15) is 17.0 Å². The molecule has 1 N–H and O–H groups in total. The van der Waals surface area contributed by atoms with Gasteiger partial charge in [-0.05, 0) is 31.7 Å². The van der Waals surface area contributed by atoms with E-state index in [9.17, 15) is 8.42 Å². The number of H-pyrrole nitrogens is 1. The molecule has 9 heteroatoms. The van der Waals surface area contributed by atoms with Crippen LogP contribution in [0.15, 0.2) is 18.6 Å². The molecule has 3 heterocycles. The molecule has 27 heavy (non-hydrogen) atoms. The first-order chi connectivity index (χ1) is 13.0. The van der Waals surface area contributed by atoms with E-state index in [1.807, 2.05) is 19.2 Å². The van der Waals surface area contributed by atoms with E-state index >= 15 is 0 Å².